The van der Waals surface area contributed by atoms with E-state index in [1.807, 2.05) is 48.3 Å². The Balaban J connectivity index is 1.80. The highest BCUT2D eigenvalue weighted by molar-refractivity contribution is 6.30. The summed E-state index contributed by atoms with van der Waals surface area (Å²) in [5.41, 5.74) is 8.03. The van der Waals surface area contributed by atoms with Crippen molar-refractivity contribution in [2.75, 3.05) is 10.0 Å². The van der Waals surface area contributed by atoms with Gasteiger partial charge in [0, 0.05) is 10.6 Å². The molecule has 4 rings (SSSR count). The van der Waals surface area contributed by atoms with Gasteiger partial charge in [-0.15, -0.1) is 5.53 Å². The summed E-state index contributed by atoms with van der Waals surface area (Å²) >= 11 is 5.93. The number of nitrogens with zero attached hydrogens (tertiary/aromatic N) is 2. The van der Waals surface area contributed by atoms with Crippen LogP contribution in [0.15, 0.2) is 66.2 Å². The molecule has 0 radical (unpaired) electrons. The lowest BCUT2D eigenvalue weighted by Crippen LogP contribution is -2.42. The summed E-state index contributed by atoms with van der Waals surface area (Å²) in [6.07, 6.45) is 1.97. The summed E-state index contributed by atoms with van der Waals surface area (Å²) in [6, 6.07) is 15.4. The highest BCUT2D eigenvalue weighted by atomic mass is 35.5. The van der Waals surface area contributed by atoms with Gasteiger partial charge >= 0.3 is 0 Å². The number of hydrazine groups is 2. The van der Waals surface area contributed by atoms with Crippen LogP contribution in [0.4, 0.5) is 11.4 Å². The smallest absolute Gasteiger partial charge is 0.234 e. The number of aliphatic hydroxyl groups is 1. The zero-order valence-electron chi connectivity index (χ0n) is 11.9. The van der Waals surface area contributed by atoms with E-state index >= 15 is 0 Å². The van der Waals surface area contributed by atoms with E-state index in [9.17, 15) is 5.11 Å². The number of nitrogens with one attached hydrogen (secondary N) is 1. The van der Waals surface area contributed by atoms with E-state index in [1.54, 1.807) is 17.1 Å². The number of anilines is 2. The minimum atomic E-state index is 0.163. The molecule has 2 aromatic rings. The van der Waals surface area contributed by atoms with Gasteiger partial charge in [0.2, 0.25) is 5.88 Å². The Morgan fingerprint density at radius 1 is 1.00 bits per heavy atom. The fourth-order valence-corrected chi connectivity index (χ4v) is 2.91. The summed E-state index contributed by atoms with van der Waals surface area (Å²) in [7, 11) is 0. The average molecular weight is 312 g/mol. The molecule has 0 saturated carbocycles. The minimum Gasteiger partial charge on any atom is -0.492 e. The summed E-state index contributed by atoms with van der Waals surface area (Å²) in [4.78, 5) is 0. The summed E-state index contributed by atoms with van der Waals surface area (Å²) in [6.45, 7) is 2.04. The molecule has 0 atom stereocenters. The van der Waals surface area contributed by atoms with E-state index in [-0.39, 0.29) is 5.88 Å². The summed E-state index contributed by atoms with van der Waals surface area (Å²) < 4.78 is 0. The number of aliphatic hydroxyl groups excluding tert-OH is 1. The Hall–Kier alpha value is -2.43. The molecule has 0 unspecified atom stereocenters. The molecule has 0 aliphatic carbocycles. The number of hydrogen-bond donors (Lipinski definition) is 2. The van der Waals surface area contributed by atoms with Crippen molar-refractivity contribution < 1.29 is 5.11 Å². The van der Waals surface area contributed by atoms with Crippen molar-refractivity contribution in [2.45, 2.75) is 6.92 Å². The van der Waals surface area contributed by atoms with Crippen LogP contribution >= 0.6 is 11.6 Å². The highest BCUT2D eigenvalue weighted by Gasteiger charge is 2.33. The fourth-order valence-electron chi connectivity index (χ4n) is 2.78. The Labute approximate surface area is 133 Å². The first kappa shape index (κ1) is 13.2. The van der Waals surface area contributed by atoms with Crippen molar-refractivity contribution in [1.82, 2.24) is 5.53 Å². The van der Waals surface area contributed by atoms with Gasteiger partial charge in [0.25, 0.3) is 0 Å². The molecule has 22 heavy (non-hydrogen) atoms. The molecule has 5 heteroatoms. The Bertz CT molecular complexity index is 811. The maximum atomic E-state index is 10.6. The molecule has 0 amide bonds. The Morgan fingerprint density at radius 2 is 1.73 bits per heavy atom. The standard InChI is InChI=1S/C17H14ClN3O/c1-11-10-16-17(22)20(13-8-6-12(18)7-9-13)19-21(16)15-5-3-2-4-14(11)15/h2-10,19,22H,1H3. The van der Waals surface area contributed by atoms with Crippen LogP contribution in [-0.2, 0) is 0 Å². The lowest BCUT2D eigenvalue weighted by atomic mass is 10.0. The maximum Gasteiger partial charge on any atom is 0.234 e. The lowest BCUT2D eigenvalue weighted by Gasteiger charge is -2.28. The third-order valence-corrected chi connectivity index (χ3v) is 4.14. The molecule has 110 valence electrons. The predicted molar refractivity (Wildman–Crippen MR) is 89.3 cm³/mol. The van der Waals surface area contributed by atoms with Crippen LogP contribution in [0.2, 0.25) is 5.02 Å². The first-order chi connectivity index (χ1) is 10.6. The number of allylic oxidation sites excluding steroid dienone is 2. The zero-order valence-corrected chi connectivity index (χ0v) is 12.7. The average Bonchev–Trinajstić information content (AvgIpc) is 2.86. The van der Waals surface area contributed by atoms with E-state index in [0.29, 0.717) is 5.02 Å². The van der Waals surface area contributed by atoms with E-state index in [1.165, 1.54) is 0 Å². The maximum absolute atomic E-state index is 10.6. The molecule has 0 spiro atoms. The van der Waals surface area contributed by atoms with Gasteiger partial charge in [-0.3, -0.25) is 5.01 Å². The van der Waals surface area contributed by atoms with E-state index in [2.05, 4.69) is 11.6 Å². The quantitative estimate of drug-likeness (QED) is 0.826. The van der Waals surface area contributed by atoms with Gasteiger partial charge in [-0.25, -0.2) is 5.01 Å². The lowest BCUT2D eigenvalue weighted by molar-refractivity contribution is 0.388. The molecule has 0 aromatic heterocycles. The molecule has 2 aliphatic heterocycles. The van der Waals surface area contributed by atoms with Crippen LogP contribution in [0.5, 0.6) is 0 Å². The van der Waals surface area contributed by atoms with E-state index in [4.69, 9.17) is 11.6 Å². The highest BCUT2D eigenvalue weighted by Crippen LogP contribution is 2.39. The topological polar surface area (TPSA) is 38.7 Å². The van der Waals surface area contributed by atoms with Crippen molar-refractivity contribution >= 4 is 28.5 Å². The molecule has 4 nitrogen and oxygen atoms in total. The molecule has 2 aromatic carbocycles. The molecule has 0 fully saturated rings. The van der Waals surface area contributed by atoms with Gasteiger partial charge in [-0.1, -0.05) is 29.8 Å². The number of para-hydroxylation sites is 1. The third kappa shape index (κ3) is 1.89. The van der Waals surface area contributed by atoms with Crippen molar-refractivity contribution in [2.24, 2.45) is 0 Å². The van der Waals surface area contributed by atoms with Crippen molar-refractivity contribution in [3.05, 3.63) is 76.8 Å². The van der Waals surface area contributed by atoms with Crippen LogP contribution in [0.25, 0.3) is 5.57 Å². The molecule has 2 aliphatic rings. The van der Waals surface area contributed by atoms with E-state index < -0.39 is 0 Å². The van der Waals surface area contributed by atoms with Gasteiger partial charge in [-0.2, -0.15) is 0 Å². The molecular weight excluding hydrogens is 298 g/mol. The number of rotatable bonds is 1. The summed E-state index contributed by atoms with van der Waals surface area (Å²) in [5.74, 6) is 0.163. The van der Waals surface area contributed by atoms with Crippen LogP contribution in [-0.4, -0.2) is 5.11 Å². The molecule has 2 heterocycles. The predicted octanol–water partition coefficient (Wildman–Crippen LogP) is 4.23. The number of hydrogen-bond acceptors (Lipinski definition) is 4. The molecule has 0 saturated heterocycles. The number of fused-ring (bicyclic) bond motifs is 3. The normalized spacial score (nSPS) is 16.5. The number of benzene rings is 2. The first-order valence-electron chi connectivity index (χ1n) is 6.98. The summed E-state index contributed by atoms with van der Waals surface area (Å²) in [5, 5.41) is 14.8. The second-order valence-electron chi connectivity index (χ2n) is 5.30. The van der Waals surface area contributed by atoms with Crippen LogP contribution < -0.4 is 15.6 Å². The SMILES string of the molecule is CC1=CC2=C(O)N(c3ccc(Cl)cc3)NN2c2ccccc21. The monoisotopic (exact) mass is 311 g/mol. The largest absolute Gasteiger partial charge is 0.492 e. The second-order valence-corrected chi connectivity index (χ2v) is 5.74. The Kier molecular flexibility index (Phi) is 2.89. The Morgan fingerprint density at radius 3 is 2.50 bits per heavy atom. The molecule has 0 bridgehead atoms. The minimum absolute atomic E-state index is 0.163. The van der Waals surface area contributed by atoms with E-state index in [0.717, 1.165) is 28.2 Å². The second kappa shape index (κ2) is 4.80. The van der Waals surface area contributed by atoms with Gasteiger partial charge in [0.05, 0.1) is 11.4 Å². The number of halogens is 1. The van der Waals surface area contributed by atoms with Gasteiger partial charge in [0.15, 0.2) is 0 Å². The zero-order chi connectivity index (χ0) is 15.3. The van der Waals surface area contributed by atoms with Crippen molar-refractivity contribution in [1.29, 1.82) is 0 Å². The van der Waals surface area contributed by atoms with Crippen molar-refractivity contribution in [3.63, 3.8) is 0 Å². The third-order valence-electron chi connectivity index (χ3n) is 3.89. The molecular formula is C17H14ClN3O. The first-order valence-corrected chi connectivity index (χ1v) is 7.36. The van der Waals surface area contributed by atoms with Gasteiger partial charge in [0.1, 0.15) is 5.70 Å². The van der Waals surface area contributed by atoms with Gasteiger partial charge in [-0.05, 0) is 48.9 Å². The van der Waals surface area contributed by atoms with Crippen LogP contribution in [0.1, 0.15) is 12.5 Å². The fraction of sp³-hybridized carbons (Fsp3) is 0.0588. The van der Waals surface area contributed by atoms with Crippen LogP contribution in [0.3, 0.4) is 0 Å². The van der Waals surface area contributed by atoms with Crippen molar-refractivity contribution in [3.8, 4) is 0 Å². The van der Waals surface area contributed by atoms with Gasteiger partial charge < -0.3 is 5.11 Å². The van der Waals surface area contributed by atoms with Crippen LogP contribution in [0, 0.1) is 0 Å². The molecule has 2 N–H and O–H groups in total.